The minimum absolute atomic E-state index is 0.00397. The number of nitrogens with one attached hydrogen (secondary N) is 1. The van der Waals surface area contributed by atoms with E-state index in [0.29, 0.717) is 24.3 Å². The number of carbonyl (C=O) groups excluding carboxylic acids is 2. The van der Waals surface area contributed by atoms with Crippen LogP contribution < -0.4 is 14.4 Å². The number of nitrogens with zero attached hydrogens (tertiary/aromatic N) is 2. The molecule has 1 N–H and O–H groups in total. The van der Waals surface area contributed by atoms with Crippen molar-refractivity contribution in [3.05, 3.63) is 126 Å². The monoisotopic (exact) mass is 631 g/mol. The summed E-state index contributed by atoms with van der Waals surface area (Å²) in [6, 6.07) is 28.4. The molecule has 236 valence electrons. The number of para-hydroxylation sites is 2. The molecule has 0 aliphatic heterocycles. The number of ether oxygens (including phenoxy) is 1. The molecule has 0 heterocycles. The second kappa shape index (κ2) is 15.9. The Morgan fingerprint density at radius 3 is 2.09 bits per heavy atom. The Labute approximate surface area is 264 Å². The van der Waals surface area contributed by atoms with Crippen molar-refractivity contribution in [1.82, 2.24) is 10.2 Å². The summed E-state index contributed by atoms with van der Waals surface area (Å²) in [5.41, 5.74) is 1.59. The zero-order valence-corrected chi connectivity index (χ0v) is 26.3. The fourth-order valence-corrected chi connectivity index (χ4v) is 6.33. The van der Waals surface area contributed by atoms with Crippen LogP contribution in [0.1, 0.15) is 31.4 Å². The predicted octanol–water partition coefficient (Wildman–Crippen LogP) is 5.59. The van der Waals surface area contributed by atoms with Crippen LogP contribution in [-0.2, 0) is 32.6 Å². The van der Waals surface area contributed by atoms with E-state index >= 15 is 0 Å². The van der Waals surface area contributed by atoms with Gasteiger partial charge < -0.3 is 15.0 Å². The highest BCUT2D eigenvalue weighted by Crippen LogP contribution is 2.33. The Morgan fingerprint density at radius 2 is 1.44 bits per heavy atom. The van der Waals surface area contributed by atoms with Crippen LogP contribution in [-0.4, -0.2) is 50.9 Å². The van der Waals surface area contributed by atoms with Crippen molar-refractivity contribution in [3.63, 3.8) is 0 Å². The molecule has 0 spiro atoms. The van der Waals surface area contributed by atoms with Crippen molar-refractivity contribution in [2.24, 2.45) is 0 Å². The zero-order valence-electron chi connectivity index (χ0n) is 25.4. The van der Waals surface area contributed by atoms with Gasteiger partial charge in [0.1, 0.15) is 24.2 Å². The lowest BCUT2D eigenvalue weighted by Crippen LogP contribution is -2.53. The third-order valence-electron chi connectivity index (χ3n) is 7.13. The van der Waals surface area contributed by atoms with Crippen LogP contribution in [0, 0.1) is 5.82 Å². The molecule has 4 rings (SSSR count). The molecule has 8 nitrogen and oxygen atoms in total. The summed E-state index contributed by atoms with van der Waals surface area (Å²) in [4.78, 5) is 29.5. The summed E-state index contributed by atoms with van der Waals surface area (Å²) in [6.07, 6.45) is 0.872. The fraction of sp³-hybridized carbons (Fsp3) is 0.257. The summed E-state index contributed by atoms with van der Waals surface area (Å²) in [5.74, 6) is -1.13. The van der Waals surface area contributed by atoms with Gasteiger partial charge in [-0.2, -0.15) is 0 Å². The second-order valence-corrected chi connectivity index (χ2v) is 12.2. The largest absolute Gasteiger partial charge is 0.492 e. The average Bonchev–Trinajstić information content (AvgIpc) is 3.06. The Bertz CT molecular complexity index is 1650. The Morgan fingerprint density at radius 1 is 0.822 bits per heavy atom. The number of anilines is 1. The van der Waals surface area contributed by atoms with Gasteiger partial charge in [-0.15, -0.1) is 0 Å². The smallest absolute Gasteiger partial charge is 0.264 e. The quantitative estimate of drug-likeness (QED) is 0.185. The number of benzene rings is 4. The van der Waals surface area contributed by atoms with Gasteiger partial charge in [-0.1, -0.05) is 79.7 Å². The molecule has 0 bridgehead atoms. The Kier molecular flexibility index (Phi) is 11.7. The van der Waals surface area contributed by atoms with E-state index in [1.54, 1.807) is 61.5 Å². The van der Waals surface area contributed by atoms with Crippen LogP contribution in [0.4, 0.5) is 10.1 Å². The van der Waals surface area contributed by atoms with Crippen molar-refractivity contribution >= 4 is 27.5 Å². The molecule has 10 heteroatoms. The molecule has 1 atom stereocenters. The van der Waals surface area contributed by atoms with Crippen LogP contribution in [0.2, 0.25) is 0 Å². The van der Waals surface area contributed by atoms with Gasteiger partial charge in [-0.3, -0.25) is 13.9 Å². The third-order valence-corrected chi connectivity index (χ3v) is 8.90. The molecule has 0 aliphatic carbocycles. The summed E-state index contributed by atoms with van der Waals surface area (Å²) in [6.45, 7) is 3.72. The van der Waals surface area contributed by atoms with Crippen LogP contribution >= 0.6 is 0 Å². The summed E-state index contributed by atoms with van der Waals surface area (Å²) < 4.78 is 48.9. The number of carbonyl (C=O) groups is 2. The maximum atomic E-state index is 14.5. The van der Waals surface area contributed by atoms with Crippen LogP contribution in [0.5, 0.6) is 5.75 Å². The van der Waals surface area contributed by atoms with E-state index in [-0.39, 0.29) is 36.1 Å². The molecule has 0 aliphatic rings. The van der Waals surface area contributed by atoms with Gasteiger partial charge in [0.25, 0.3) is 10.0 Å². The average molecular weight is 632 g/mol. The van der Waals surface area contributed by atoms with Crippen molar-refractivity contribution in [1.29, 1.82) is 0 Å². The maximum Gasteiger partial charge on any atom is 0.264 e. The van der Waals surface area contributed by atoms with Gasteiger partial charge in [0.2, 0.25) is 11.8 Å². The van der Waals surface area contributed by atoms with E-state index in [2.05, 4.69) is 5.32 Å². The summed E-state index contributed by atoms with van der Waals surface area (Å²) >= 11 is 0. The van der Waals surface area contributed by atoms with E-state index in [0.717, 1.165) is 9.87 Å². The topological polar surface area (TPSA) is 96.0 Å². The highest BCUT2D eigenvalue weighted by molar-refractivity contribution is 7.92. The fourth-order valence-electron chi connectivity index (χ4n) is 4.88. The molecule has 0 fully saturated rings. The lowest BCUT2D eigenvalue weighted by Gasteiger charge is -2.34. The highest BCUT2D eigenvalue weighted by atomic mass is 32.2. The molecular weight excluding hydrogens is 593 g/mol. The first-order valence-corrected chi connectivity index (χ1v) is 16.3. The van der Waals surface area contributed by atoms with Crippen LogP contribution in [0.25, 0.3) is 0 Å². The van der Waals surface area contributed by atoms with E-state index in [1.807, 2.05) is 37.3 Å². The Balaban J connectivity index is 1.82. The first-order chi connectivity index (χ1) is 21.7. The molecule has 2 amide bonds. The molecule has 0 radical (unpaired) electrons. The number of halogens is 1. The number of amides is 2. The van der Waals surface area contributed by atoms with Crippen molar-refractivity contribution in [3.8, 4) is 5.75 Å². The first kappa shape index (κ1) is 33.2. The van der Waals surface area contributed by atoms with Gasteiger partial charge in [0.15, 0.2) is 0 Å². The SMILES string of the molecule is CCCNC(=O)[C@H](Cc1ccccc1)N(Cc1ccc(F)cc1)C(=O)CN(c1ccccc1OCC)S(=O)(=O)c1ccccc1. The van der Waals surface area contributed by atoms with Crippen molar-refractivity contribution in [2.75, 3.05) is 24.0 Å². The molecule has 0 saturated carbocycles. The lowest BCUT2D eigenvalue weighted by molar-refractivity contribution is -0.140. The van der Waals surface area contributed by atoms with Crippen LogP contribution in [0.15, 0.2) is 114 Å². The number of rotatable bonds is 15. The number of hydrogen-bond donors (Lipinski definition) is 1. The van der Waals surface area contributed by atoms with E-state index in [4.69, 9.17) is 4.74 Å². The van der Waals surface area contributed by atoms with Gasteiger partial charge in [0.05, 0.1) is 17.2 Å². The van der Waals surface area contributed by atoms with E-state index < -0.39 is 34.3 Å². The van der Waals surface area contributed by atoms with Gasteiger partial charge >= 0.3 is 0 Å². The normalized spacial score (nSPS) is 11.8. The standard InChI is InChI=1S/C35H38FN3O5S/c1-3-23-37-35(41)32(24-27-13-7-5-8-14-27)38(25-28-19-21-29(36)22-20-28)34(40)26-39(31-17-11-12-18-33(31)44-4-2)45(42,43)30-15-9-6-10-16-30/h5-22,32H,3-4,23-26H2,1-2H3,(H,37,41)/t32-/m0/s1. The second-order valence-electron chi connectivity index (χ2n) is 10.4. The maximum absolute atomic E-state index is 14.5. The molecule has 45 heavy (non-hydrogen) atoms. The minimum Gasteiger partial charge on any atom is -0.492 e. The van der Waals surface area contributed by atoms with Gasteiger partial charge in [-0.25, -0.2) is 12.8 Å². The zero-order chi connectivity index (χ0) is 32.2. The first-order valence-electron chi connectivity index (χ1n) is 14.9. The van der Waals surface area contributed by atoms with Gasteiger partial charge in [0, 0.05) is 19.5 Å². The minimum atomic E-state index is -4.27. The lowest BCUT2D eigenvalue weighted by atomic mass is 10.0. The molecule has 0 saturated heterocycles. The van der Waals surface area contributed by atoms with Gasteiger partial charge in [-0.05, 0) is 60.9 Å². The summed E-state index contributed by atoms with van der Waals surface area (Å²) in [5, 5.41) is 2.91. The van der Waals surface area contributed by atoms with Crippen LogP contribution in [0.3, 0.4) is 0 Å². The van der Waals surface area contributed by atoms with Crippen molar-refractivity contribution in [2.45, 2.75) is 44.2 Å². The molecular formula is C35H38FN3O5S. The molecule has 4 aromatic rings. The Hall–Kier alpha value is -4.70. The third kappa shape index (κ3) is 8.69. The highest BCUT2D eigenvalue weighted by Gasteiger charge is 2.35. The van der Waals surface area contributed by atoms with E-state index in [1.165, 1.54) is 29.2 Å². The summed E-state index contributed by atoms with van der Waals surface area (Å²) in [7, 11) is -4.27. The molecule has 0 aromatic heterocycles. The molecule has 4 aromatic carbocycles. The number of sulfonamides is 1. The van der Waals surface area contributed by atoms with E-state index in [9.17, 15) is 22.4 Å². The van der Waals surface area contributed by atoms with Crippen molar-refractivity contribution < 1.29 is 27.1 Å². The molecule has 0 unspecified atom stereocenters. The number of hydrogen-bond acceptors (Lipinski definition) is 5. The predicted molar refractivity (Wildman–Crippen MR) is 173 cm³/mol.